The van der Waals surface area contributed by atoms with Gasteiger partial charge in [-0.15, -0.1) is 0 Å². The van der Waals surface area contributed by atoms with E-state index < -0.39 is 0 Å². The van der Waals surface area contributed by atoms with Crippen molar-refractivity contribution >= 4 is 5.91 Å². The first-order valence-electron chi connectivity index (χ1n) is 7.82. The second-order valence-corrected chi connectivity index (χ2v) is 6.01. The maximum Gasteiger partial charge on any atom is 0.222 e. The lowest BCUT2D eigenvalue weighted by atomic mass is 9.99. The van der Waals surface area contributed by atoms with Gasteiger partial charge in [-0.25, -0.2) is 0 Å². The van der Waals surface area contributed by atoms with Gasteiger partial charge in [0, 0.05) is 26.6 Å². The van der Waals surface area contributed by atoms with Crippen molar-refractivity contribution < 1.29 is 9.53 Å². The summed E-state index contributed by atoms with van der Waals surface area (Å²) in [5.41, 5.74) is 0. The van der Waals surface area contributed by atoms with Gasteiger partial charge in [-0.05, 0) is 57.5 Å². The van der Waals surface area contributed by atoms with Gasteiger partial charge in [-0.2, -0.15) is 0 Å². The van der Waals surface area contributed by atoms with E-state index in [9.17, 15) is 4.79 Å². The van der Waals surface area contributed by atoms with Crippen LogP contribution in [0.4, 0.5) is 0 Å². The van der Waals surface area contributed by atoms with Crippen molar-refractivity contribution in [3.05, 3.63) is 0 Å². The number of piperidine rings is 1. The summed E-state index contributed by atoms with van der Waals surface area (Å²) in [4.78, 5) is 14.0. The molecule has 2 atom stereocenters. The molecular formula is C15H28N2O2. The van der Waals surface area contributed by atoms with Crippen LogP contribution in [0.15, 0.2) is 0 Å². The van der Waals surface area contributed by atoms with Gasteiger partial charge in [0.25, 0.3) is 0 Å². The van der Waals surface area contributed by atoms with Crippen LogP contribution in [0, 0.1) is 5.92 Å². The molecule has 0 aromatic rings. The van der Waals surface area contributed by atoms with E-state index >= 15 is 0 Å². The fraction of sp³-hybridized carbons (Fsp3) is 0.933. The molecule has 0 saturated carbocycles. The molecule has 0 bridgehead atoms. The molecule has 110 valence electrons. The van der Waals surface area contributed by atoms with Crippen LogP contribution in [-0.2, 0) is 9.53 Å². The number of carbonyl (C=O) groups excluding carboxylic acids is 1. The minimum atomic E-state index is 0.278. The topological polar surface area (TPSA) is 41.6 Å². The molecule has 2 rings (SSSR count). The van der Waals surface area contributed by atoms with E-state index in [2.05, 4.69) is 5.32 Å². The molecule has 1 amide bonds. The van der Waals surface area contributed by atoms with Crippen LogP contribution in [-0.4, -0.2) is 50.2 Å². The van der Waals surface area contributed by atoms with Crippen molar-refractivity contribution in [2.45, 2.75) is 51.0 Å². The van der Waals surface area contributed by atoms with Crippen LogP contribution in [0.2, 0.25) is 0 Å². The fourth-order valence-electron chi connectivity index (χ4n) is 3.08. The van der Waals surface area contributed by atoms with E-state index in [0.717, 1.165) is 39.1 Å². The van der Waals surface area contributed by atoms with Crippen molar-refractivity contribution in [3.8, 4) is 0 Å². The van der Waals surface area contributed by atoms with Crippen LogP contribution in [0.5, 0.6) is 0 Å². The monoisotopic (exact) mass is 268 g/mol. The molecule has 2 aliphatic rings. The van der Waals surface area contributed by atoms with Crippen molar-refractivity contribution in [2.24, 2.45) is 5.92 Å². The summed E-state index contributed by atoms with van der Waals surface area (Å²) >= 11 is 0. The van der Waals surface area contributed by atoms with Crippen molar-refractivity contribution in [2.75, 3.05) is 33.3 Å². The smallest absolute Gasteiger partial charge is 0.222 e. The second-order valence-electron chi connectivity index (χ2n) is 6.01. The van der Waals surface area contributed by atoms with Gasteiger partial charge in [0.15, 0.2) is 0 Å². The fourth-order valence-corrected chi connectivity index (χ4v) is 3.08. The third-order valence-electron chi connectivity index (χ3n) is 4.31. The van der Waals surface area contributed by atoms with Crippen LogP contribution in [0.1, 0.15) is 44.9 Å². The maximum absolute atomic E-state index is 12.1. The number of carbonyl (C=O) groups is 1. The van der Waals surface area contributed by atoms with Crippen molar-refractivity contribution in [3.63, 3.8) is 0 Å². The molecule has 1 N–H and O–H groups in total. The number of hydrogen-bond donors (Lipinski definition) is 1. The molecule has 0 radical (unpaired) electrons. The van der Waals surface area contributed by atoms with E-state index in [4.69, 9.17) is 4.74 Å². The van der Waals surface area contributed by atoms with Gasteiger partial charge in [0.2, 0.25) is 5.91 Å². The van der Waals surface area contributed by atoms with E-state index in [1.807, 2.05) is 11.9 Å². The first kappa shape index (κ1) is 14.8. The first-order chi connectivity index (χ1) is 9.25. The van der Waals surface area contributed by atoms with E-state index in [1.165, 1.54) is 25.7 Å². The van der Waals surface area contributed by atoms with E-state index in [1.54, 1.807) is 0 Å². The number of amides is 1. The molecule has 2 fully saturated rings. The Morgan fingerprint density at radius 2 is 2.21 bits per heavy atom. The van der Waals surface area contributed by atoms with Gasteiger partial charge in [0.1, 0.15) is 0 Å². The normalized spacial score (nSPS) is 28.1. The minimum absolute atomic E-state index is 0.278. The Hall–Kier alpha value is -0.610. The molecule has 2 saturated heterocycles. The average molecular weight is 268 g/mol. The van der Waals surface area contributed by atoms with Gasteiger partial charge in [-0.3, -0.25) is 4.79 Å². The standard InChI is InChI=1S/C15H28N2O2/c1-17(12-13-5-4-9-16-11-13)15(18)8-7-14-6-2-3-10-19-14/h13-14,16H,2-12H2,1H3. The lowest BCUT2D eigenvalue weighted by Gasteiger charge is -2.28. The summed E-state index contributed by atoms with van der Waals surface area (Å²) in [7, 11) is 1.94. The lowest BCUT2D eigenvalue weighted by molar-refractivity contribution is -0.131. The number of nitrogens with zero attached hydrogens (tertiary/aromatic N) is 1. The highest BCUT2D eigenvalue weighted by Crippen LogP contribution is 2.18. The largest absolute Gasteiger partial charge is 0.378 e. The highest BCUT2D eigenvalue weighted by Gasteiger charge is 2.20. The van der Waals surface area contributed by atoms with Gasteiger partial charge in [-0.1, -0.05) is 0 Å². The molecule has 0 aromatic heterocycles. The third-order valence-corrected chi connectivity index (χ3v) is 4.31. The molecule has 2 unspecified atom stereocenters. The Balaban J connectivity index is 1.63. The zero-order chi connectivity index (χ0) is 13.5. The van der Waals surface area contributed by atoms with E-state index in [0.29, 0.717) is 18.4 Å². The zero-order valence-electron chi connectivity index (χ0n) is 12.2. The summed E-state index contributed by atoms with van der Waals surface area (Å²) < 4.78 is 5.68. The first-order valence-corrected chi connectivity index (χ1v) is 7.82. The Labute approximate surface area is 116 Å². The molecule has 19 heavy (non-hydrogen) atoms. The second kappa shape index (κ2) is 7.85. The van der Waals surface area contributed by atoms with Crippen molar-refractivity contribution in [1.29, 1.82) is 0 Å². The number of nitrogens with one attached hydrogen (secondary N) is 1. The predicted octanol–water partition coefficient (Wildman–Crippen LogP) is 1.79. The molecule has 0 spiro atoms. The minimum Gasteiger partial charge on any atom is -0.378 e. The molecule has 0 aromatic carbocycles. The van der Waals surface area contributed by atoms with Crippen LogP contribution < -0.4 is 5.32 Å². The Kier molecular flexibility index (Phi) is 6.11. The zero-order valence-corrected chi connectivity index (χ0v) is 12.2. The van der Waals surface area contributed by atoms with Crippen LogP contribution in [0.25, 0.3) is 0 Å². The number of rotatable bonds is 5. The lowest BCUT2D eigenvalue weighted by Crippen LogP contribution is -2.39. The van der Waals surface area contributed by atoms with E-state index in [-0.39, 0.29) is 5.91 Å². The molecule has 2 aliphatic heterocycles. The Bertz CT molecular complexity index is 271. The van der Waals surface area contributed by atoms with Gasteiger partial charge < -0.3 is 15.0 Å². The predicted molar refractivity (Wildman–Crippen MR) is 76.1 cm³/mol. The third kappa shape index (κ3) is 5.11. The van der Waals surface area contributed by atoms with Crippen molar-refractivity contribution in [1.82, 2.24) is 10.2 Å². The van der Waals surface area contributed by atoms with Crippen LogP contribution in [0.3, 0.4) is 0 Å². The highest BCUT2D eigenvalue weighted by atomic mass is 16.5. The SMILES string of the molecule is CN(CC1CCCNC1)C(=O)CCC1CCCCO1. The van der Waals surface area contributed by atoms with Crippen LogP contribution >= 0.6 is 0 Å². The Morgan fingerprint density at radius 1 is 1.32 bits per heavy atom. The summed E-state index contributed by atoms with van der Waals surface area (Å²) in [6.45, 7) is 3.97. The van der Waals surface area contributed by atoms with Gasteiger partial charge in [0.05, 0.1) is 6.10 Å². The highest BCUT2D eigenvalue weighted by molar-refractivity contribution is 5.75. The molecule has 0 aliphatic carbocycles. The molecule has 4 nitrogen and oxygen atoms in total. The number of ether oxygens (including phenoxy) is 1. The summed E-state index contributed by atoms with van der Waals surface area (Å²) in [5.74, 6) is 0.911. The quantitative estimate of drug-likeness (QED) is 0.826. The molecular weight excluding hydrogens is 240 g/mol. The maximum atomic E-state index is 12.1. The molecule has 2 heterocycles. The molecule has 4 heteroatoms. The summed E-state index contributed by atoms with van der Waals surface area (Å²) in [5, 5.41) is 3.40. The number of hydrogen-bond acceptors (Lipinski definition) is 3. The Morgan fingerprint density at radius 3 is 2.89 bits per heavy atom. The average Bonchev–Trinajstić information content (AvgIpc) is 2.47. The summed E-state index contributed by atoms with van der Waals surface area (Å²) in [6, 6.07) is 0. The van der Waals surface area contributed by atoms with Gasteiger partial charge >= 0.3 is 0 Å². The summed E-state index contributed by atoms with van der Waals surface area (Å²) in [6.07, 6.45) is 7.90.